The lowest BCUT2D eigenvalue weighted by Crippen LogP contribution is -2.01. The second-order valence-corrected chi connectivity index (χ2v) is 2.19. The van der Waals surface area contributed by atoms with E-state index in [4.69, 9.17) is 14.6 Å². The third-order valence-electron chi connectivity index (χ3n) is 1.37. The quantitative estimate of drug-likeness (QED) is 0.669. The number of hydrogen-bond donors (Lipinski definition) is 1. The summed E-state index contributed by atoms with van der Waals surface area (Å²) in [5.41, 5.74) is 0.710. The predicted molar refractivity (Wildman–Crippen MR) is 42.7 cm³/mol. The first kappa shape index (κ1) is 8.96. The molecule has 0 atom stereocenters. The zero-order chi connectivity index (χ0) is 8.81. The number of rotatable bonds is 4. The Morgan fingerprint density at radius 1 is 1.58 bits per heavy atom. The molecule has 66 valence electrons. The van der Waals surface area contributed by atoms with Gasteiger partial charge >= 0.3 is 0 Å². The number of pyridine rings is 1. The van der Waals surface area contributed by atoms with Crippen molar-refractivity contribution < 1.29 is 14.6 Å². The van der Waals surface area contributed by atoms with Gasteiger partial charge in [0.15, 0.2) is 6.79 Å². The molecule has 0 spiro atoms. The summed E-state index contributed by atoms with van der Waals surface area (Å²) in [7, 11) is 1.54. The first-order valence-corrected chi connectivity index (χ1v) is 3.54. The highest BCUT2D eigenvalue weighted by molar-refractivity contribution is 5.28. The lowest BCUT2D eigenvalue weighted by Gasteiger charge is -2.07. The molecule has 4 heteroatoms. The van der Waals surface area contributed by atoms with Crippen LogP contribution in [0.1, 0.15) is 5.56 Å². The maximum Gasteiger partial charge on any atom is 0.188 e. The Morgan fingerprint density at radius 2 is 2.42 bits per heavy atom. The zero-order valence-electron chi connectivity index (χ0n) is 6.86. The van der Waals surface area contributed by atoms with E-state index in [9.17, 15) is 0 Å². The molecule has 0 bridgehead atoms. The highest BCUT2D eigenvalue weighted by atomic mass is 16.7. The Morgan fingerprint density at radius 3 is 3.08 bits per heavy atom. The minimum absolute atomic E-state index is 0.0540. The van der Waals surface area contributed by atoms with Crippen molar-refractivity contribution >= 4 is 0 Å². The van der Waals surface area contributed by atoms with Crippen molar-refractivity contribution in [1.82, 2.24) is 4.98 Å². The predicted octanol–water partition coefficient (Wildman–Crippen LogP) is 0.557. The molecule has 1 aromatic rings. The fraction of sp³-hybridized carbons (Fsp3) is 0.375. The van der Waals surface area contributed by atoms with Crippen LogP contribution >= 0.6 is 0 Å². The van der Waals surface area contributed by atoms with Crippen LogP contribution in [-0.2, 0) is 11.3 Å². The average molecular weight is 169 g/mol. The van der Waals surface area contributed by atoms with Gasteiger partial charge in [-0.05, 0) is 6.07 Å². The number of aliphatic hydroxyl groups excluding tert-OH is 1. The van der Waals surface area contributed by atoms with E-state index >= 15 is 0 Å². The van der Waals surface area contributed by atoms with E-state index in [1.165, 1.54) is 7.11 Å². The fourth-order valence-corrected chi connectivity index (χ4v) is 0.792. The van der Waals surface area contributed by atoms with E-state index in [2.05, 4.69) is 4.98 Å². The van der Waals surface area contributed by atoms with Gasteiger partial charge in [-0.1, -0.05) is 0 Å². The fourth-order valence-electron chi connectivity index (χ4n) is 0.792. The van der Waals surface area contributed by atoms with Crippen LogP contribution in [0, 0.1) is 0 Å². The molecule has 1 N–H and O–H groups in total. The van der Waals surface area contributed by atoms with E-state index in [-0.39, 0.29) is 13.4 Å². The molecular weight excluding hydrogens is 158 g/mol. The summed E-state index contributed by atoms with van der Waals surface area (Å²) >= 11 is 0. The molecule has 0 aliphatic carbocycles. The minimum atomic E-state index is -0.0540. The lowest BCUT2D eigenvalue weighted by atomic mass is 10.3. The van der Waals surface area contributed by atoms with Crippen LogP contribution in [0.15, 0.2) is 18.5 Å². The zero-order valence-corrected chi connectivity index (χ0v) is 6.86. The Labute approximate surface area is 70.8 Å². The number of methoxy groups -OCH3 is 1. The van der Waals surface area contributed by atoms with Crippen molar-refractivity contribution in [2.24, 2.45) is 0 Å². The summed E-state index contributed by atoms with van der Waals surface area (Å²) in [5.74, 6) is 0.557. The van der Waals surface area contributed by atoms with Gasteiger partial charge in [-0.3, -0.25) is 4.98 Å². The van der Waals surface area contributed by atoms with Crippen molar-refractivity contribution in [3.8, 4) is 5.75 Å². The topological polar surface area (TPSA) is 51.6 Å². The Hall–Kier alpha value is -1.13. The molecule has 1 rings (SSSR count). The second-order valence-electron chi connectivity index (χ2n) is 2.19. The molecule has 0 saturated carbocycles. The van der Waals surface area contributed by atoms with Crippen LogP contribution in [0.3, 0.4) is 0 Å². The molecule has 1 aromatic heterocycles. The molecule has 0 saturated heterocycles. The monoisotopic (exact) mass is 169 g/mol. The number of aromatic nitrogens is 1. The molecule has 12 heavy (non-hydrogen) atoms. The van der Waals surface area contributed by atoms with Crippen molar-refractivity contribution in [2.75, 3.05) is 13.9 Å². The van der Waals surface area contributed by atoms with Crippen LogP contribution in [0.2, 0.25) is 0 Å². The summed E-state index contributed by atoms with van der Waals surface area (Å²) < 4.78 is 9.85. The van der Waals surface area contributed by atoms with Gasteiger partial charge in [-0.15, -0.1) is 0 Å². The van der Waals surface area contributed by atoms with Gasteiger partial charge in [0.25, 0.3) is 0 Å². The van der Waals surface area contributed by atoms with Crippen molar-refractivity contribution in [2.45, 2.75) is 6.61 Å². The molecule has 0 unspecified atom stereocenters. The first-order valence-electron chi connectivity index (χ1n) is 3.54. The molecule has 4 nitrogen and oxygen atoms in total. The summed E-state index contributed by atoms with van der Waals surface area (Å²) in [6.45, 7) is 0.111. The van der Waals surface area contributed by atoms with Gasteiger partial charge in [0, 0.05) is 18.9 Å². The molecule has 0 aliphatic heterocycles. The minimum Gasteiger partial charge on any atom is -0.466 e. The maximum absolute atomic E-state index is 8.87. The van der Waals surface area contributed by atoms with Crippen LogP contribution in [0.5, 0.6) is 5.75 Å². The standard InChI is InChI=1S/C8H11NO3/c1-11-6-12-8-4-9-3-2-7(8)5-10/h2-4,10H,5-6H2,1H3. The van der Waals surface area contributed by atoms with Gasteiger partial charge in [0.1, 0.15) is 5.75 Å². The van der Waals surface area contributed by atoms with E-state index in [0.717, 1.165) is 0 Å². The molecular formula is C8H11NO3. The lowest BCUT2D eigenvalue weighted by molar-refractivity contribution is 0.0492. The molecule has 1 heterocycles. The van der Waals surface area contributed by atoms with Crippen LogP contribution < -0.4 is 4.74 Å². The van der Waals surface area contributed by atoms with Crippen molar-refractivity contribution in [3.05, 3.63) is 24.0 Å². The molecule has 0 fully saturated rings. The first-order chi connectivity index (χ1) is 5.88. The van der Waals surface area contributed by atoms with E-state index in [0.29, 0.717) is 11.3 Å². The Kier molecular flexibility index (Phi) is 3.50. The van der Waals surface area contributed by atoms with Crippen molar-refractivity contribution in [1.29, 1.82) is 0 Å². The van der Waals surface area contributed by atoms with Gasteiger partial charge in [0.2, 0.25) is 0 Å². The maximum atomic E-state index is 8.87. The van der Waals surface area contributed by atoms with Crippen LogP contribution in [0.4, 0.5) is 0 Å². The van der Waals surface area contributed by atoms with Crippen LogP contribution in [0.25, 0.3) is 0 Å². The Bertz CT molecular complexity index is 239. The summed E-state index contributed by atoms with van der Waals surface area (Å²) in [4.78, 5) is 3.85. The highest BCUT2D eigenvalue weighted by Gasteiger charge is 2.00. The smallest absolute Gasteiger partial charge is 0.188 e. The van der Waals surface area contributed by atoms with Gasteiger partial charge in [0.05, 0.1) is 12.8 Å². The number of hydrogen-bond acceptors (Lipinski definition) is 4. The van der Waals surface area contributed by atoms with Gasteiger partial charge in [-0.25, -0.2) is 0 Å². The summed E-state index contributed by atoms with van der Waals surface area (Å²) in [6.07, 6.45) is 3.15. The molecule has 0 radical (unpaired) electrons. The van der Waals surface area contributed by atoms with E-state index in [1.807, 2.05) is 0 Å². The van der Waals surface area contributed by atoms with Gasteiger partial charge < -0.3 is 14.6 Å². The van der Waals surface area contributed by atoms with E-state index in [1.54, 1.807) is 18.5 Å². The Balaban J connectivity index is 2.68. The SMILES string of the molecule is COCOc1cnccc1CO. The van der Waals surface area contributed by atoms with E-state index < -0.39 is 0 Å². The molecule has 0 aromatic carbocycles. The highest BCUT2D eigenvalue weighted by Crippen LogP contribution is 2.15. The van der Waals surface area contributed by atoms with Crippen molar-refractivity contribution in [3.63, 3.8) is 0 Å². The molecule has 0 aliphatic rings. The third kappa shape index (κ3) is 2.18. The normalized spacial score (nSPS) is 9.83. The van der Waals surface area contributed by atoms with Crippen LogP contribution in [-0.4, -0.2) is 24.0 Å². The summed E-state index contributed by atoms with van der Waals surface area (Å²) in [5, 5.41) is 8.87. The summed E-state index contributed by atoms with van der Waals surface area (Å²) in [6, 6.07) is 1.70. The average Bonchev–Trinajstić information content (AvgIpc) is 2.15. The number of ether oxygens (including phenoxy) is 2. The largest absolute Gasteiger partial charge is 0.466 e. The molecule has 0 amide bonds. The second kappa shape index (κ2) is 4.69. The number of aliphatic hydroxyl groups is 1. The number of nitrogens with zero attached hydrogens (tertiary/aromatic N) is 1. The third-order valence-corrected chi connectivity index (χ3v) is 1.37. The van der Waals surface area contributed by atoms with Gasteiger partial charge in [-0.2, -0.15) is 0 Å².